The third kappa shape index (κ3) is 7.90. The van der Waals surface area contributed by atoms with E-state index in [1.54, 1.807) is 42.5 Å². The number of hydrogen-bond donors (Lipinski definition) is 3. The van der Waals surface area contributed by atoms with Crippen molar-refractivity contribution in [1.82, 2.24) is 0 Å². The van der Waals surface area contributed by atoms with Crippen molar-refractivity contribution >= 4 is 17.7 Å². The highest BCUT2D eigenvalue weighted by Gasteiger charge is 2.28. The van der Waals surface area contributed by atoms with Crippen LogP contribution in [0.5, 0.6) is 17.2 Å². The summed E-state index contributed by atoms with van der Waals surface area (Å²) >= 11 is 0. The smallest absolute Gasteiger partial charge is 0.412 e. The van der Waals surface area contributed by atoms with Crippen molar-refractivity contribution < 1.29 is 43.5 Å². The highest BCUT2D eigenvalue weighted by Crippen LogP contribution is 2.35. The second kappa shape index (κ2) is 13.2. The molecule has 2 aromatic carbocycles. The lowest BCUT2D eigenvalue weighted by atomic mass is 10.00. The Morgan fingerprint density at radius 3 is 2.77 bits per heavy atom. The van der Waals surface area contributed by atoms with Gasteiger partial charge in [0.1, 0.15) is 12.4 Å². The zero-order chi connectivity index (χ0) is 25.0. The number of carboxylic acid groups (broad SMARTS) is 1. The fourth-order valence-electron chi connectivity index (χ4n) is 3.52. The molecule has 0 spiro atoms. The first kappa shape index (κ1) is 25.9. The predicted octanol–water partition coefficient (Wildman–Crippen LogP) is 3.90. The van der Waals surface area contributed by atoms with Crippen LogP contribution < -0.4 is 19.5 Å². The molecule has 0 aliphatic carbocycles. The van der Waals surface area contributed by atoms with Gasteiger partial charge in [0, 0.05) is 24.4 Å². The van der Waals surface area contributed by atoms with E-state index in [4.69, 9.17) is 33.9 Å². The monoisotopic (exact) mass is 487 g/mol. The molecular formula is C25H29NO9. The Kier molecular flexibility index (Phi) is 9.76. The van der Waals surface area contributed by atoms with Crippen LogP contribution in [-0.4, -0.2) is 55.0 Å². The van der Waals surface area contributed by atoms with E-state index in [2.05, 4.69) is 5.32 Å². The average Bonchev–Trinajstić information content (AvgIpc) is 3.31. The molecule has 3 rings (SSSR count). The van der Waals surface area contributed by atoms with Gasteiger partial charge in [-0.1, -0.05) is 18.2 Å². The van der Waals surface area contributed by atoms with Gasteiger partial charge in [-0.3, -0.25) is 5.32 Å². The van der Waals surface area contributed by atoms with Gasteiger partial charge in [-0.15, -0.1) is 0 Å². The Labute approximate surface area is 203 Å². The molecule has 1 aliphatic rings. The summed E-state index contributed by atoms with van der Waals surface area (Å²) < 4.78 is 27.9. The molecule has 1 amide bonds. The van der Waals surface area contributed by atoms with Gasteiger partial charge in [0.05, 0.1) is 12.7 Å². The van der Waals surface area contributed by atoms with Gasteiger partial charge in [0.25, 0.3) is 0 Å². The van der Waals surface area contributed by atoms with Gasteiger partial charge < -0.3 is 33.9 Å². The van der Waals surface area contributed by atoms with E-state index >= 15 is 0 Å². The van der Waals surface area contributed by atoms with E-state index in [1.165, 1.54) is 6.08 Å². The molecule has 0 radical (unpaired) electrons. The third-order valence-corrected chi connectivity index (χ3v) is 5.00. The molecular weight excluding hydrogens is 458 g/mol. The summed E-state index contributed by atoms with van der Waals surface area (Å²) in [6.07, 6.45) is 1.31. The summed E-state index contributed by atoms with van der Waals surface area (Å²) in [4.78, 5) is 23.7. The Balaban J connectivity index is 1.80. The van der Waals surface area contributed by atoms with E-state index in [1.807, 2.05) is 6.92 Å². The summed E-state index contributed by atoms with van der Waals surface area (Å²) in [5.41, 5.74) is 1.09. The lowest BCUT2D eigenvalue weighted by Crippen LogP contribution is -2.29. The Morgan fingerprint density at radius 1 is 1.17 bits per heavy atom. The third-order valence-electron chi connectivity index (χ3n) is 5.00. The number of amides is 1. The van der Waals surface area contributed by atoms with Crippen LogP contribution in [0, 0.1) is 0 Å². The molecule has 188 valence electrons. The van der Waals surface area contributed by atoms with Crippen molar-refractivity contribution in [1.29, 1.82) is 0 Å². The normalized spacial score (nSPS) is 13.9. The second-order valence-corrected chi connectivity index (χ2v) is 7.48. The second-order valence-electron chi connectivity index (χ2n) is 7.48. The highest BCUT2D eigenvalue weighted by atomic mass is 16.7. The Morgan fingerprint density at radius 2 is 2.00 bits per heavy atom. The number of benzene rings is 2. The molecule has 1 heterocycles. The van der Waals surface area contributed by atoms with Crippen LogP contribution in [0.4, 0.5) is 10.5 Å². The van der Waals surface area contributed by atoms with Gasteiger partial charge in [0.2, 0.25) is 6.79 Å². The van der Waals surface area contributed by atoms with Crippen LogP contribution >= 0.6 is 0 Å². The number of aliphatic carboxylic acids is 1. The van der Waals surface area contributed by atoms with Crippen LogP contribution in [0.3, 0.4) is 0 Å². The van der Waals surface area contributed by atoms with Gasteiger partial charge in [-0.2, -0.15) is 0 Å². The molecule has 0 unspecified atom stereocenters. The number of carboxylic acids is 1. The quantitative estimate of drug-likeness (QED) is 0.360. The van der Waals surface area contributed by atoms with Crippen molar-refractivity contribution in [2.24, 2.45) is 0 Å². The largest absolute Gasteiger partial charge is 0.491 e. The van der Waals surface area contributed by atoms with Crippen LogP contribution in [-0.2, 0) is 14.3 Å². The zero-order valence-corrected chi connectivity index (χ0v) is 19.3. The molecule has 0 aromatic heterocycles. The number of fused-ring (bicyclic) bond motifs is 1. The number of hydrogen-bond acceptors (Lipinski definition) is 8. The number of carbonyl (C=O) groups is 2. The number of anilines is 1. The maximum atomic E-state index is 12.9. The van der Waals surface area contributed by atoms with Crippen LogP contribution in [0.2, 0.25) is 0 Å². The molecule has 0 bridgehead atoms. The van der Waals surface area contributed by atoms with Crippen molar-refractivity contribution in [3.05, 3.63) is 60.2 Å². The van der Waals surface area contributed by atoms with E-state index in [9.17, 15) is 9.59 Å². The predicted molar refractivity (Wildman–Crippen MR) is 126 cm³/mol. The van der Waals surface area contributed by atoms with E-state index in [0.29, 0.717) is 47.9 Å². The van der Waals surface area contributed by atoms with Gasteiger partial charge >= 0.3 is 12.1 Å². The van der Waals surface area contributed by atoms with Gasteiger partial charge in [-0.05, 0) is 49.6 Å². The number of nitrogens with one attached hydrogen (secondary N) is 1. The van der Waals surface area contributed by atoms with Gasteiger partial charge in [-0.25, -0.2) is 9.59 Å². The molecule has 10 heteroatoms. The maximum absolute atomic E-state index is 12.9. The lowest BCUT2D eigenvalue weighted by Gasteiger charge is -2.27. The highest BCUT2D eigenvalue weighted by molar-refractivity contribution is 5.85. The summed E-state index contributed by atoms with van der Waals surface area (Å²) in [6.45, 7) is 2.28. The van der Waals surface area contributed by atoms with Crippen molar-refractivity contribution in [3.63, 3.8) is 0 Å². The molecule has 3 N–H and O–H groups in total. The van der Waals surface area contributed by atoms with Crippen molar-refractivity contribution in [3.8, 4) is 17.2 Å². The number of carbonyl (C=O) groups excluding carboxylic acids is 1. The standard InChI is InChI=1S/C25H29NO9/c1-2-31-21(8-3-4-9-23(28)29)24(17-6-5-7-19(14-17)32-13-12-27)35-25(30)26-18-10-11-20-22(15-18)34-16-33-20/h4-7,9-11,14-15,21,24,27H,2-3,8,12-13,16H2,1H3,(H,26,30)(H,28,29)/b9-4+/t21-,24-/m1/s1. The van der Waals surface area contributed by atoms with E-state index < -0.39 is 24.3 Å². The molecule has 0 fully saturated rings. The first-order chi connectivity index (χ1) is 17.0. The molecule has 2 atom stereocenters. The Hall–Kier alpha value is -3.76. The Bertz CT molecular complexity index is 1020. The number of allylic oxidation sites excluding steroid dienone is 1. The van der Waals surface area contributed by atoms with E-state index in [-0.39, 0.29) is 20.0 Å². The fraction of sp³-hybridized carbons (Fsp3) is 0.360. The molecule has 10 nitrogen and oxygen atoms in total. The minimum absolute atomic E-state index is 0.117. The summed E-state index contributed by atoms with van der Waals surface area (Å²) in [7, 11) is 0. The summed E-state index contributed by atoms with van der Waals surface area (Å²) in [5, 5.41) is 20.6. The first-order valence-electron chi connectivity index (χ1n) is 11.2. The summed E-state index contributed by atoms with van der Waals surface area (Å²) in [6, 6.07) is 12.0. The van der Waals surface area contributed by atoms with Crippen LogP contribution in [0.15, 0.2) is 54.6 Å². The summed E-state index contributed by atoms with van der Waals surface area (Å²) in [5.74, 6) is 0.572. The number of aliphatic hydroxyl groups excluding tert-OH is 1. The molecule has 35 heavy (non-hydrogen) atoms. The maximum Gasteiger partial charge on any atom is 0.412 e. The number of rotatable bonds is 13. The zero-order valence-electron chi connectivity index (χ0n) is 19.3. The van der Waals surface area contributed by atoms with Gasteiger partial charge in [0.15, 0.2) is 17.6 Å². The van der Waals surface area contributed by atoms with Crippen LogP contribution in [0.25, 0.3) is 0 Å². The topological polar surface area (TPSA) is 133 Å². The van der Waals surface area contributed by atoms with E-state index in [0.717, 1.165) is 6.08 Å². The number of aliphatic hydroxyl groups is 1. The SMILES string of the molecule is CCO[C@H](CC/C=C/C(=O)O)[C@H](OC(=O)Nc1ccc2c(c1)OCO2)c1cccc(OCCO)c1. The van der Waals surface area contributed by atoms with Crippen molar-refractivity contribution in [2.45, 2.75) is 32.0 Å². The molecule has 0 saturated carbocycles. The average molecular weight is 488 g/mol. The minimum atomic E-state index is -1.04. The fourth-order valence-corrected chi connectivity index (χ4v) is 3.52. The molecule has 1 aliphatic heterocycles. The first-order valence-corrected chi connectivity index (χ1v) is 11.2. The molecule has 2 aromatic rings. The lowest BCUT2D eigenvalue weighted by molar-refractivity contribution is -0.131. The van der Waals surface area contributed by atoms with Crippen molar-refractivity contribution in [2.75, 3.05) is 31.9 Å². The van der Waals surface area contributed by atoms with Crippen LogP contribution in [0.1, 0.15) is 31.4 Å². The molecule has 0 saturated heterocycles. The minimum Gasteiger partial charge on any atom is -0.491 e. The number of ether oxygens (including phenoxy) is 5.